The van der Waals surface area contributed by atoms with Gasteiger partial charge in [-0.1, -0.05) is 0 Å². The fourth-order valence-electron chi connectivity index (χ4n) is 2.79. The number of halogens is 1. The van der Waals surface area contributed by atoms with Crippen LogP contribution in [-0.4, -0.2) is 47.9 Å². The Morgan fingerprint density at radius 1 is 1.40 bits per heavy atom. The molecule has 6 heteroatoms. The zero-order valence-electron chi connectivity index (χ0n) is 12.7. The van der Waals surface area contributed by atoms with Crippen LogP contribution < -0.4 is 5.73 Å². The molecule has 0 saturated carbocycles. The number of likely N-dealkylation sites (tertiary alicyclic amines) is 1. The van der Waals surface area contributed by atoms with Crippen molar-refractivity contribution in [2.45, 2.75) is 63.7 Å². The molecular formula is C14H27ClN2O3. The Hall–Kier alpha value is -0.520. The maximum absolute atomic E-state index is 12.1. The fraction of sp³-hybridized carbons (Fsp3) is 0.929. The molecule has 1 spiro atoms. The predicted octanol–water partition coefficient (Wildman–Crippen LogP) is 2.32. The zero-order valence-corrected chi connectivity index (χ0v) is 13.5. The van der Waals surface area contributed by atoms with E-state index < -0.39 is 5.60 Å². The van der Waals surface area contributed by atoms with E-state index in [-0.39, 0.29) is 30.1 Å². The van der Waals surface area contributed by atoms with E-state index in [2.05, 4.69) is 0 Å². The van der Waals surface area contributed by atoms with E-state index in [1.807, 2.05) is 20.8 Å². The number of piperidine rings is 1. The average Bonchev–Trinajstić information content (AvgIpc) is 2.32. The summed E-state index contributed by atoms with van der Waals surface area (Å²) in [5.74, 6) is 0. The van der Waals surface area contributed by atoms with Crippen LogP contribution in [0.3, 0.4) is 0 Å². The van der Waals surface area contributed by atoms with Gasteiger partial charge in [-0.25, -0.2) is 4.79 Å². The van der Waals surface area contributed by atoms with Gasteiger partial charge in [0.05, 0.1) is 18.8 Å². The number of hydrogen-bond donors (Lipinski definition) is 1. The van der Waals surface area contributed by atoms with Crippen molar-refractivity contribution in [2.24, 2.45) is 5.73 Å². The number of nitrogens with zero attached hydrogens (tertiary/aromatic N) is 1. The summed E-state index contributed by atoms with van der Waals surface area (Å²) in [7, 11) is 0. The Kier molecular flexibility index (Phi) is 5.70. The summed E-state index contributed by atoms with van der Waals surface area (Å²) in [6.45, 7) is 7.66. The summed E-state index contributed by atoms with van der Waals surface area (Å²) in [5.41, 5.74) is 5.24. The molecule has 20 heavy (non-hydrogen) atoms. The minimum atomic E-state index is -0.447. The molecule has 2 aliphatic rings. The van der Waals surface area contributed by atoms with E-state index >= 15 is 0 Å². The molecule has 2 fully saturated rings. The number of nitrogens with two attached hydrogens (primary N) is 1. The van der Waals surface area contributed by atoms with Crippen LogP contribution in [0.2, 0.25) is 0 Å². The van der Waals surface area contributed by atoms with Crippen LogP contribution in [0.4, 0.5) is 4.79 Å². The van der Waals surface area contributed by atoms with Gasteiger partial charge in [-0.2, -0.15) is 0 Å². The van der Waals surface area contributed by atoms with Crippen LogP contribution in [0.5, 0.6) is 0 Å². The third-order valence-corrected chi connectivity index (χ3v) is 3.77. The molecule has 1 amide bonds. The van der Waals surface area contributed by atoms with Crippen LogP contribution >= 0.6 is 12.4 Å². The molecule has 2 N–H and O–H groups in total. The quantitative estimate of drug-likeness (QED) is 0.746. The second-order valence-corrected chi connectivity index (χ2v) is 6.80. The van der Waals surface area contributed by atoms with Gasteiger partial charge >= 0.3 is 6.09 Å². The summed E-state index contributed by atoms with van der Waals surface area (Å²) < 4.78 is 11.4. The van der Waals surface area contributed by atoms with Crippen molar-refractivity contribution < 1.29 is 14.3 Å². The molecule has 2 atom stereocenters. The molecular weight excluding hydrogens is 280 g/mol. The molecule has 0 aliphatic carbocycles. The van der Waals surface area contributed by atoms with E-state index in [4.69, 9.17) is 15.2 Å². The lowest BCUT2D eigenvalue weighted by Gasteiger charge is -2.46. The molecule has 2 rings (SSSR count). The summed E-state index contributed by atoms with van der Waals surface area (Å²) in [5, 5.41) is 0. The van der Waals surface area contributed by atoms with Gasteiger partial charge in [0.25, 0.3) is 0 Å². The molecule has 2 aliphatic heterocycles. The minimum Gasteiger partial charge on any atom is -0.444 e. The van der Waals surface area contributed by atoms with Gasteiger partial charge < -0.3 is 20.1 Å². The summed E-state index contributed by atoms with van der Waals surface area (Å²) in [4.78, 5) is 13.9. The van der Waals surface area contributed by atoms with Crippen molar-refractivity contribution in [3.63, 3.8) is 0 Å². The van der Waals surface area contributed by atoms with Gasteiger partial charge in [0.15, 0.2) is 0 Å². The first kappa shape index (κ1) is 17.5. The lowest BCUT2D eigenvalue weighted by atomic mass is 9.85. The molecule has 5 nitrogen and oxygen atoms in total. The highest BCUT2D eigenvalue weighted by atomic mass is 35.5. The standard InChI is InChI=1S/C14H26N2O3.ClH/c1-13(2,3)19-12(17)16-8-4-6-14(10-16)7-5-11(15)9-18-14;/h11H,4-10,15H2,1-3H3;1H. The maximum Gasteiger partial charge on any atom is 0.410 e. The second-order valence-electron chi connectivity index (χ2n) is 6.80. The summed E-state index contributed by atoms with van der Waals surface area (Å²) in [6.07, 6.45) is 3.66. The topological polar surface area (TPSA) is 64.8 Å². The van der Waals surface area contributed by atoms with Gasteiger partial charge in [0.1, 0.15) is 5.60 Å². The predicted molar refractivity (Wildman–Crippen MR) is 80.2 cm³/mol. The smallest absolute Gasteiger partial charge is 0.410 e. The third-order valence-electron chi connectivity index (χ3n) is 3.77. The molecule has 2 unspecified atom stereocenters. The summed E-state index contributed by atoms with van der Waals surface area (Å²) >= 11 is 0. The number of carbonyl (C=O) groups excluding carboxylic acids is 1. The van der Waals surface area contributed by atoms with E-state index in [1.54, 1.807) is 4.90 Å². The zero-order chi connectivity index (χ0) is 14.1. The van der Waals surface area contributed by atoms with Crippen LogP contribution in [-0.2, 0) is 9.47 Å². The molecule has 2 heterocycles. The van der Waals surface area contributed by atoms with Crippen molar-refractivity contribution in [1.82, 2.24) is 4.90 Å². The number of ether oxygens (including phenoxy) is 2. The molecule has 118 valence electrons. The largest absolute Gasteiger partial charge is 0.444 e. The van der Waals surface area contributed by atoms with Crippen molar-refractivity contribution in [3.05, 3.63) is 0 Å². The molecule has 0 aromatic carbocycles. The Balaban J connectivity index is 0.00000200. The highest BCUT2D eigenvalue weighted by Crippen LogP contribution is 2.33. The minimum absolute atomic E-state index is 0. The van der Waals surface area contributed by atoms with Gasteiger partial charge in [-0.15, -0.1) is 12.4 Å². The lowest BCUT2D eigenvalue weighted by Crippen LogP contribution is -2.56. The first-order chi connectivity index (χ1) is 8.80. The first-order valence-electron chi connectivity index (χ1n) is 7.17. The van der Waals surface area contributed by atoms with Gasteiger partial charge in [0, 0.05) is 12.6 Å². The van der Waals surface area contributed by atoms with E-state index in [9.17, 15) is 4.79 Å². The van der Waals surface area contributed by atoms with Gasteiger partial charge in [0.2, 0.25) is 0 Å². The van der Waals surface area contributed by atoms with Gasteiger partial charge in [-0.3, -0.25) is 0 Å². The monoisotopic (exact) mass is 306 g/mol. The number of carbonyl (C=O) groups is 1. The third kappa shape index (κ3) is 4.50. The van der Waals surface area contributed by atoms with E-state index in [1.165, 1.54) is 0 Å². The van der Waals surface area contributed by atoms with Crippen LogP contribution in [0.1, 0.15) is 46.5 Å². The van der Waals surface area contributed by atoms with Crippen molar-refractivity contribution in [2.75, 3.05) is 19.7 Å². The van der Waals surface area contributed by atoms with Crippen molar-refractivity contribution in [1.29, 1.82) is 0 Å². The first-order valence-corrected chi connectivity index (χ1v) is 7.17. The second kappa shape index (κ2) is 6.50. The summed E-state index contributed by atoms with van der Waals surface area (Å²) in [6, 6.07) is 0.141. The molecule has 0 aromatic heterocycles. The Labute approximate surface area is 127 Å². The van der Waals surface area contributed by atoms with E-state index in [0.717, 1.165) is 32.2 Å². The highest BCUT2D eigenvalue weighted by molar-refractivity contribution is 5.85. The molecule has 2 saturated heterocycles. The fourth-order valence-corrected chi connectivity index (χ4v) is 2.79. The number of rotatable bonds is 0. The SMILES string of the molecule is CC(C)(C)OC(=O)N1CCCC2(CCC(N)CO2)C1.Cl. The van der Waals surface area contributed by atoms with E-state index in [0.29, 0.717) is 13.2 Å². The average molecular weight is 307 g/mol. The Morgan fingerprint density at radius 2 is 2.10 bits per heavy atom. The Morgan fingerprint density at radius 3 is 2.65 bits per heavy atom. The molecule has 0 aromatic rings. The van der Waals surface area contributed by atoms with Crippen LogP contribution in [0.15, 0.2) is 0 Å². The van der Waals surface area contributed by atoms with Crippen LogP contribution in [0, 0.1) is 0 Å². The number of amides is 1. The van der Waals surface area contributed by atoms with Crippen molar-refractivity contribution in [3.8, 4) is 0 Å². The normalized spacial score (nSPS) is 30.8. The number of hydrogen-bond acceptors (Lipinski definition) is 4. The highest BCUT2D eigenvalue weighted by Gasteiger charge is 2.41. The molecule has 0 radical (unpaired) electrons. The van der Waals surface area contributed by atoms with Crippen molar-refractivity contribution >= 4 is 18.5 Å². The Bertz CT molecular complexity index is 336. The lowest BCUT2D eigenvalue weighted by molar-refractivity contribution is -0.120. The van der Waals surface area contributed by atoms with Gasteiger partial charge in [-0.05, 0) is 46.5 Å². The van der Waals surface area contributed by atoms with Crippen LogP contribution in [0.25, 0.3) is 0 Å². The maximum atomic E-state index is 12.1. The molecule has 0 bridgehead atoms.